The number of hydrogen-bond acceptors (Lipinski definition) is 6. The molecule has 0 atom stereocenters. The Labute approximate surface area is 174 Å². The number of aliphatic hydroxyl groups excluding tert-OH is 1. The van der Waals surface area contributed by atoms with E-state index in [1.807, 2.05) is 18.2 Å². The first kappa shape index (κ1) is 21.2. The van der Waals surface area contributed by atoms with E-state index in [4.69, 9.17) is 31.9 Å². The van der Waals surface area contributed by atoms with Crippen molar-refractivity contribution in [1.29, 1.82) is 0 Å². The molecule has 154 valence electrons. The molecule has 0 amide bonds. The molecule has 0 aliphatic heterocycles. The van der Waals surface area contributed by atoms with Crippen LogP contribution in [0.2, 0.25) is 0 Å². The lowest BCUT2D eigenvalue weighted by Crippen LogP contribution is -2.11. The van der Waals surface area contributed by atoms with E-state index in [9.17, 15) is 8.42 Å². The van der Waals surface area contributed by atoms with Crippen LogP contribution in [-0.4, -0.2) is 39.2 Å². The fourth-order valence-electron chi connectivity index (χ4n) is 3.04. The van der Waals surface area contributed by atoms with Crippen molar-refractivity contribution >= 4 is 37.9 Å². The number of sulfone groups is 1. The van der Waals surface area contributed by atoms with E-state index in [2.05, 4.69) is 0 Å². The third-order valence-corrected chi connectivity index (χ3v) is 6.20. The summed E-state index contributed by atoms with van der Waals surface area (Å²) in [5.74, 6) is 0.593. The highest BCUT2D eigenvalue weighted by molar-refractivity contribution is 7.90. The van der Waals surface area contributed by atoms with Gasteiger partial charge in [0, 0.05) is 11.5 Å². The first-order valence-electron chi connectivity index (χ1n) is 9.01. The molecule has 0 saturated carbocycles. The van der Waals surface area contributed by atoms with Crippen molar-refractivity contribution in [2.75, 3.05) is 31.4 Å². The molecule has 0 heterocycles. The zero-order chi connectivity index (χ0) is 20.9. The SMILES string of the molecule is Nc1c(CS(=O)(=O)c2cccc3ccccc23)cc(OCCO)cc1OCCCl. The summed E-state index contributed by atoms with van der Waals surface area (Å²) in [5, 5.41) is 10.5. The lowest BCUT2D eigenvalue weighted by atomic mass is 10.1. The second-order valence-corrected chi connectivity index (χ2v) is 8.68. The fraction of sp³-hybridized carbons (Fsp3) is 0.238. The summed E-state index contributed by atoms with van der Waals surface area (Å²) in [5.41, 5.74) is 6.76. The molecular weight excluding hydrogens is 414 g/mol. The third kappa shape index (κ3) is 4.93. The molecule has 3 aromatic carbocycles. The average molecular weight is 436 g/mol. The highest BCUT2D eigenvalue weighted by Gasteiger charge is 2.22. The van der Waals surface area contributed by atoms with Gasteiger partial charge in [0.2, 0.25) is 0 Å². The number of fused-ring (bicyclic) bond motifs is 1. The van der Waals surface area contributed by atoms with Crippen molar-refractivity contribution in [3.05, 3.63) is 60.2 Å². The van der Waals surface area contributed by atoms with Gasteiger partial charge in [-0.25, -0.2) is 8.42 Å². The van der Waals surface area contributed by atoms with Crippen LogP contribution in [0.4, 0.5) is 5.69 Å². The highest BCUT2D eigenvalue weighted by Crippen LogP contribution is 2.34. The van der Waals surface area contributed by atoms with Crippen LogP contribution in [0.1, 0.15) is 5.56 Å². The Morgan fingerprint density at radius 1 is 1.00 bits per heavy atom. The number of rotatable bonds is 9. The summed E-state index contributed by atoms with van der Waals surface area (Å²) in [6.45, 7) is 0.102. The minimum absolute atomic E-state index is 0.0639. The second kappa shape index (κ2) is 9.35. The average Bonchev–Trinajstić information content (AvgIpc) is 2.72. The van der Waals surface area contributed by atoms with Crippen LogP contribution in [0.5, 0.6) is 11.5 Å². The molecule has 0 radical (unpaired) electrons. The molecule has 0 aliphatic carbocycles. The van der Waals surface area contributed by atoms with E-state index in [1.54, 1.807) is 36.4 Å². The lowest BCUT2D eigenvalue weighted by Gasteiger charge is -2.16. The number of nitrogen functional groups attached to an aromatic ring is 1. The van der Waals surface area contributed by atoms with Gasteiger partial charge in [0.25, 0.3) is 0 Å². The Hall–Kier alpha value is -2.48. The normalized spacial score (nSPS) is 11.5. The van der Waals surface area contributed by atoms with E-state index in [0.29, 0.717) is 22.4 Å². The van der Waals surface area contributed by atoms with Gasteiger partial charge in [0.1, 0.15) is 24.7 Å². The minimum Gasteiger partial charge on any atom is -0.491 e. The fourth-order valence-corrected chi connectivity index (χ4v) is 4.73. The smallest absolute Gasteiger partial charge is 0.183 e. The van der Waals surface area contributed by atoms with E-state index >= 15 is 0 Å². The van der Waals surface area contributed by atoms with Crippen LogP contribution in [0.25, 0.3) is 10.8 Å². The molecule has 3 aromatic rings. The molecular formula is C21H22ClNO5S. The summed E-state index contributed by atoms with van der Waals surface area (Å²) in [4.78, 5) is 0.236. The second-order valence-electron chi connectivity index (χ2n) is 6.34. The predicted molar refractivity (Wildman–Crippen MR) is 114 cm³/mol. The molecule has 29 heavy (non-hydrogen) atoms. The molecule has 0 aliphatic rings. The van der Waals surface area contributed by atoms with Crippen LogP contribution in [0.3, 0.4) is 0 Å². The molecule has 0 aromatic heterocycles. The maximum atomic E-state index is 13.2. The van der Waals surface area contributed by atoms with Gasteiger partial charge in [0.15, 0.2) is 9.84 Å². The number of benzene rings is 3. The van der Waals surface area contributed by atoms with Crippen LogP contribution in [0, 0.1) is 0 Å². The standard InChI is InChI=1S/C21H22ClNO5S/c22-8-10-28-19-13-17(27-11-9-24)12-16(21(19)23)14-29(25,26)20-7-3-5-15-4-1-2-6-18(15)20/h1-7,12-13,24H,8-11,14,23H2. The number of hydrogen-bond donors (Lipinski definition) is 2. The van der Waals surface area contributed by atoms with Crippen LogP contribution in [0.15, 0.2) is 59.5 Å². The molecule has 0 unspecified atom stereocenters. The topological polar surface area (TPSA) is 98.9 Å². The number of alkyl halides is 1. The van der Waals surface area contributed by atoms with E-state index < -0.39 is 9.84 Å². The van der Waals surface area contributed by atoms with Gasteiger partial charge in [-0.15, -0.1) is 11.6 Å². The molecule has 0 saturated heterocycles. The summed E-state index contributed by atoms with van der Waals surface area (Å²) in [7, 11) is -3.70. The number of anilines is 1. The van der Waals surface area contributed by atoms with Gasteiger partial charge in [-0.3, -0.25) is 0 Å². The highest BCUT2D eigenvalue weighted by atomic mass is 35.5. The molecule has 0 bridgehead atoms. The predicted octanol–water partition coefficient (Wildman–Crippen LogP) is 3.38. The van der Waals surface area contributed by atoms with Gasteiger partial charge in [-0.2, -0.15) is 0 Å². The van der Waals surface area contributed by atoms with Crippen molar-refractivity contribution in [2.45, 2.75) is 10.6 Å². The number of halogens is 1. The Morgan fingerprint density at radius 2 is 1.76 bits per heavy atom. The van der Waals surface area contributed by atoms with E-state index in [0.717, 1.165) is 5.39 Å². The Morgan fingerprint density at radius 3 is 2.52 bits per heavy atom. The van der Waals surface area contributed by atoms with E-state index in [1.165, 1.54) is 0 Å². The molecule has 6 nitrogen and oxygen atoms in total. The summed E-state index contributed by atoms with van der Waals surface area (Å²) >= 11 is 5.68. The van der Waals surface area contributed by atoms with Crippen molar-refractivity contribution in [1.82, 2.24) is 0 Å². The van der Waals surface area contributed by atoms with Crippen molar-refractivity contribution in [3.8, 4) is 11.5 Å². The molecule has 0 spiro atoms. The van der Waals surface area contributed by atoms with Gasteiger partial charge in [-0.1, -0.05) is 36.4 Å². The quantitative estimate of drug-likeness (QED) is 0.395. The van der Waals surface area contributed by atoms with Gasteiger partial charge in [0.05, 0.1) is 28.8 Å². The zero-order valence-electron chi connectivity index (χ0n) is 15.7. The minimum atomic E-state index is -3.70. The number of nitrogens with two attached hydrogens (primary N) is 1. The maximum absolute atomic E-state index is 13.2. The number of ether oxygens (including phenoxy) is 2. The van der Waals surface area contributed by atoms with Crippen molar-refractivity contribution in [2.24, 2.45) is 0 Å². The van der Waals surface area contributed by atoms with Crippen molar-refractivity contribution < 1.29 is 23.0 Å². The van der Waals surface area contributed by atoms with E-state index in [-0.39, 0.29) is 42.0 Å². The molecule has 3 N–H and O–H groups in total. The molecule has 0 fully saturated rings. The maximum Gasteiger partial charge on any atom is 0.183 e. The van der Waals surface area contributed by atoms with Crippen LogP contribution < -0.4 is 15.2 Å². The summed E-state index contributed by atoms with van der Waals surface area (Å²) < 4.78 is 37.4. The van der Waals surface area contributed by atoms with Crippen LogP contribution >= 0.6 is 11.6 Å². The molecule has 8 heteroatoms. The third-order valence-electron chi connectivity index (χ3n) is 4.33. The Balaban J connectivity index is 2.02. The molecule has 3 rings (SSSR count). The van der Waals surface area contributed by atoms with Crippen LogP contribution in [-0.2, 0) is 15.6 Å². The summed E-state index contributed by atoms with van der Waals surface area (Å²) in [6.07, 6.45) is 0. The Kier molecular flexibility index (Phi) is 6.84. The zero-order valence-corrected chi connectivity index (χ0v) is 17.2. The summed E-state index contributed by atoms with van der Waals surface area (Å²) in [6, 6.07) is 15.6. The van der Waals surface area contributed by atoms with Gasteiger partial charge in [-0.05, 0) is 23.1 Å². The Bertz CT molecular complexity index is 1100. The van der Waals surface area contributed by atoms with Crippen molar-refractivity contribution in [3.63, 3.8) is 0 Å². The van der Waals surface area contributed by atoms with Gasteiger partial charge >= 0.3 is 0 Å². The lowest BCUT2D eigenvalue weighted by molar-refractivity contribution is 0.200. The first-order chi connectivity index (χ1) is 14.0. The first-order valence-corrected chi connectivity index (χ1v) is 11.2. The number of aliphatic hydroxyl groups is 1. The van der Waals surface area contributed by atoms with Gasteiger partial charge < -0.3 is 20.3 Å². The monoisotopic (exact) mass is 435 g/mol. The largest absolute Gasteiger partial charge is 0.491 e.